The van der Waals surface area contributed by atoms with Crippen LogP contribution in [0.5, 0.6) is 0 Å². The third kappa shape index (κ3) is 4.09. The molecule has 3 saturated carbocycles. The van der Waals surface area contributed by atoms with Crippen LogP contribution in [-0.4, -0.2) is 26.9 Å². The quantitative estimate of drug-likeness (QED) is 0.351. The molecule has 4 aliphatic rings. The predicted octanol–water partition coefficient (Wildman–Crippen LogP) is 5.86. The Morgan fingerprint density at radius 2 is 1.78 bits per heavy atom. The van der Waals surface area contributed by atoms with Crippen molar-refractivity contribution in [3.63, 3.8) is 0 Å². The molecule has 7 rings (SSSR count). The van der Waals surface area contributed by atoms with Gasteiger partial charge in [-0.3, -0.25) is 9.48 Å². The number of hydrazone groups is 1. The molecule has 1 aliphatic heterocycles. The Bertz CT molecular complexity index is 1450. The van der Waals surface area contributed by atoms with E-state index in [0.29, 0.717) is 23.0 Å². The zero-order valence-electron chi connectivity index (χ0n) is 20.9. The summed E-state index contributed by atoms with van der Waals surface area (Å²) in [5.41, 5.74) is 3.52. The Labute approximate surface area is 217 Å². The van der Waals surface area contributed by atoms with E-state index >= 15 is 0 Å². The number of rotatable bonds is 9. The summed E-state index contributed by atoms with van der Waals surface area (Å²) in [6, 6.07) is 17.6. The fourth-order valence-corrected chi connectivity index (χ4v) is 6.89. The van der Waals surface area contributed by atoms with Crippen LogP contribution in [0.25, 0.3) is 10.9 Å². The van der Waals surface area contributed by atoms with Crippen molar-refractivity contribution in [2.24, 2.45) is 15.9 Å². The molecule has 2 heterocycles. The molecular weight excluding hydrogens is 460 g/mol. The minimum Gasteiger partial charge on any atom is -0.272 e. The Balaban J connectivity index is 0.944. The third-order valence-corrected chi connectivity index (χ3v) is 8.63. The van der Waals surface area contributed by atoms with E-state index in [4.69, 9.17) is 5.26 Å². The number of unbranched alkanes of at least 4 members (excludes halogenated alkanes) is 3. The normalized spacial score (nSPS) is 25.4. The van der Waals surface area contributed by atoms with Crippen LogP contribution in [0, 0.1) is 33.5 Å². The second-order valence-electron chi connectivity index (χ2n) is 11.2. The van der Waals surface area contributed by atoms with Gasteiger partial charge in [-0.25, -0.2) is 5.01 Å². The summed E-state index contributed by atoms with van der Waals surface area (Å²) in [5, 5.41) is 29.9. The van der Waals surface area contributed by atoms with E-state index in [9.17, 15) is 10.1 Å². The highest BCUT2D eigenvalue weighted by Crippen LogP contribution is 2.76. The maximum absolute atomic E-state index is 13.4. The lowest BCUT2D eigenvalue weighted by Gasteiger charge is -2.70. The molecule has 2 aromatic carbocycles. The molecule has 1 atom stereocenters. The standard InChI is InChI=1S/C30H30N6O/c31-16-22-6-5-7-24(14-22)27-10-12-33-36(27)28(37)30-19-29(20-30,21-30)11-3-1-2-4-13-35-26-9-8-23(17-32)15-25(26)18-34-35/h5-9,12,14-15,18,27H,1-4,10-11,13,19-21H2. The topological polar surface area (TPSA) is 98.1 Å². The number of carbonyl (C=O) groups is 1. The van der Waals surface area contributed by atoms with E-state index in [-0.39, 0.29) is 17.4 Å². The molecule has 0 spiro atoms. The number of nitriles is 2. The molecule has 7 heteroatoms. The summed E-state index contributed by atoms with van der Waals surface area (Å²) in [6.07, 6.45) is 13.3. The van der Waals surface area contributed by atoms with E-state index in [1.807, 2.05) is 53.5 Å². The number of hydrogen-bond donors (Lipinski definition) is 0. The first-order valence-electron chi connectivity index (χ1n) is 13.3. The molecule has 0 saturated heterocycles. The number of aryl methyl sites for hydroxylation is 1. The van der Waals surface area contributed by atoms with Crippen LogP contribution in [0.1, 0.15) is 80.5 Å². The third-order valence-electron chi connectivity index (χ3n) is 8.63. The smallest absolute Gasteiger partial charge is 0.249 e. The first-order chi connectivity index (χ1) is 18.0. The molecule has 186 valence electrons. The predicted molar refractivity (Wildman–Crippen MR) is 140 cm³/mol. The van der Waals surface area contributed by atoms with E-state index in [0.717, 1.165) is 48.7 Å². The van der Waals surface area contributed by atoms with Crippen LogP contribution in [-0.2, 0) is 11.3 Å². The minimum absolute atomic E-state index is 0.0916. The highest BCUT2D eigenvalue weighted by atomic mass is 16.2. The maximum Gasteiger partial charge on any atom is 0.249 e. The van der Waals surface area contributed by atoms with Gasteiger partial charge < -0.3 is 0 Å². The lowest BCUT2D eigenvalue weighted by molar-refractivity contribution is -0.220. The fourth-order valence-electron chi connectivity index (χ4n) is 6.89. The SMILES string of the molecule is N#Cc1cccc(C2CC=NN2C(=O)C23CC(CCCCCCn4ncc5cc(C#N)ccc54)(C2)C3)c1. The zero-order chi connectivity index (χ0) is 25.5. The van der Waals surface area contributed by atoms with Crippen LogP contribution < -0.4 is 0 Å². The van der Waals surface area contributed by atoms with Gasteiger partial charge in [0, 0.05) is 24.6 Å². The van der Waals surface area contributed by atoms with Gasteiger partial charge in [0.1, 0.15) is 0 Å². The monoisotopic (exact) mass is 490 g/mol. The molecule has 1 unspecified atom stereocenters. The van der Waals surface area contributed by atoms with Crippen molar-refractivity contribution in [1.82, 2.24) is 14.8 Å². The van der Waals surface area contributed by atoms with Gasteiger partial charge in [-0.15, -0.1) is 0 Å². The van der Waals surface area contributed by atoms with Gasteiger partial charge >= 0.3 is 0 Å². The number of nitrogens with zero attached hydrogens (tertiary/aromatic N) is 6. The molecule has 3 aliphatic carbocycles. The van der Waals surface area contributed by atoms with Crippen molar-refractivity contribution in [2.45, 2.75) is 70.4 Å². The Hall–Kier alpha value is -3.97. The van der Waals surface area contributed by atoms with Gasteiger partial charge in [0.25, 0.3) is 0 Å². The zero-order valence-corrected chi connectivity index (χ0v) is 20.9. The number of aromatic nitrogens is 2. The number of amides is 1. The fraction of sp³-hybridized carbons (Fsp3) is 0.433. The van der Waals surface area contributed by atoms with Crippen LogP contribution >= 0.6 is 0 Å². The number of benzene rings is 2. The van der Waals surface area contributed by atoms with Crippen molar-refractivity contribution in [3.8, 4) is 12.1 Å². The molecule has 7 nitrogen and oxygen atoms in total. The van der Waals surface area contributed by atoms with Crippen molar-refractivity contribution in [3.05, 3.63) is 65.4 Å². The minimum atomic E-state index is -0.209. The van der Waals surface area contributed by atoms with Gasteiger partial charge in [0.15, 0.2) is 0 Å². The van der Waals surface area contributed by atoms with Gasteiger partial charge in [-0.05, 0) is 73.4 Å². The Morgan fingerprint density at radius 1 is 1.00 bits per heavy atom. The summed E-state index contributed by atoms with van der Waals surface area (Å²) in [6.45, 7) is 0.896. The highest BCUT2D eigenvalue weighted by molar-refractivity contribution is 5.88. The second-order valence-corrected chi connectivity index (χ2v) is 11.2. The molecule has 1 aromatic heterocycles. The molecule has 0 N–H and O–H groups in total. The summed E-state index contributed by atoms with van der Waals surface area (Å²) in [7, 11) is 0. The van der Waals surface area contributed by atoms with Gasteiger partial charge in [-0.1, -0.05) is 31.4 Å². The number of hydrogen-bond acceptors (Lipinski definition) is 5. The van der Waals surface area contributed by atoms with Crippen LogP contribution in [0.2, 0.25) is 0 Å². The molecule has 3 aromatic rings. The first kappa shape index (κ1) is 23.4. The molecular formula is C30H30N6O. The second kappa shape index (κ2) is 9.16. The lowest BCUT2D eigenvalue weighted by atomic mass is 9.33. The van der Waals surface area contributed by atoms with Crippen molar-refractivity contribution in [1.29, 1.82) is 10.5 Å². The molecule has 37 heavy (non-hydrogen) atoms. The van der Waals surface area contributed by atoms with E-state index < -0.39 is 0 Å². The van der Waals surface area contributed by atoms with Crippen LogP contribution in [0.3, 0.4) is 0 Å². The van der Waals surface area contributed by atoms with Crippen LogP contribution in [0.4, 0.5) is 0 Å². The van der Waals surface area contributed by atoms with Crippen molar-refractivity contribution < 1.29 is 4.79 Å². The Morgan fingerprint density at radius 3 is 2.59 bits per heavy atom. The van der Waals surface area contributed by atoms with E-state index in [1.54, 1.807) is 11.1 Å². The summed E-state index contributed by atoms with van der Waals surface area (Å²) in [4.78, 5) is 13.4. The molecule has 1 amide bonds. The number of carbonyl (C=O) groups excluding carboxylic acids is 1. The van der Waals surface area contributed by atoms with Gasteiger partial charge in [0.05, 0.1) is 46.4 Å². The summed E-state index contributed by atoms with van der Waals surface area (Å²) in [5.74, 6) is 0.170. The summed E-state index contributed by atoms with van der Waals surface area (Å²) >= 11 is 0. The van der Waals surface area contributed by atoms with Crippen molar-refractivity contribution in [2.75, 3.05) is 0 Å². The van der Waals surface area contributed by atoms with E-state index in [1.165, 1.54) is 25.7 Å². The average molecular weight is 491 g/mol. The largest absolute Gasteiger partial charge is 0.272 e. The van der Waals surface area contributed by atoms with Gasteiger partial charge in [0.2, 0.25) is 5.91 Å². The van der Waals surface area contributed by atoms with Gasteiger partial charge in [-0.2, -0.15) is 20.7 Å². The lowest BCUT2D eigenvalue weighted by Crippen LogP contribution is -2.67. The highest BCUT2D eigenvalue weighted by Gasteiger charge is 2.71. The maximum atomic E-state index is 13.4. The number of fused-ring (bicyclic) bond motifs is 1. The first-order valence-corrected chi connectivity index (χ1v) is 13.3. The Kier molecular flexibility index (Phi) is 5.80. The van der Waals surface area contributed by atoms with Crippen molar-refractivity contribution >= 4 is 23.0 Å². The summed E-state index contributed by atoms with van der Waals surface area (Å²) < 4.78 is 2.04. The molecule has 2 bridgehead atoms. The van der Waals surface area contributed by atoms with E-state index in [2.05, 4.69) is 22.3 Å². The molecule has 3 fully saturated rings. The average Bonchev–Trinajstić information content (AvgIpc) is 3.53. The molecule has 0 radical (unpaired) electrons. The van der Waals surface area contributed by atoms with Crippen LogP contribution in [0.15, 0.2) is 53.8 Å².